The highest BCUT2D eigenvalue weighted by Gasteiger charge is 2.07. The van der Waals surface area contributed by atoms with Crippen LogP contribution >= 0.6 is 0 Å². The Morgan fingerprint density at radius 2 is 2.13 bits per heavy atom. The largest absolute Gasteiger partial charge is 0.299 e. The maximum Gasteiger partial charge on any atom is 0.271 e. The van der Waals surface area contributed by atoms with Crippen molar-refractivity contribution in [1.29, 1.82) is 5.26 Å². The zero-order chi connectivity index (χ0) is 11.3. The summed E-state index contributed by atoms with van der Waals surface area (Å²) in [5, 5.41) is 19.1. The van der Waals surface area contributed by atoms with Gasteiger partial charge in [-0.1, -0.05) is 6.08 Å². The molecule has 1 rings (SSSR count). The van der Waals surface area contributed by atoms with Gasteiger partial charge in [-0.2, -0.15) is 5.26 Å². The SMILES string of the molecule is N#Cc1cc(C=CC=O)cc([N+](=O)[O-])c1. The second-order valence-corrected chi connectivity index (χ2v) is 2.68. The van der Waals surface area contributed by atoms with Gasteiger partial charge in [-0.3, -0.25) is 14.9 Å². The first kappa shape index (κ1) is 10.6. The van der Waals surface area contributed by atoms with Gasteiger partial charge in [0.25, 0.3) is 5.69 Å². The number of allylic oxidation sites excluding steroid dienone is 1. The molecule has 0 fully saturated rings. The van der Waals surface area contributed by atoms with E-state index in [2.05, 4.69) is 0 Å². The second kappa shape index (κ2) is 4.67. The average Bonchev–Trinajstić information content (AvgIpc) is 2.25. The number of carbonyl (C=O) groups excluding carboxylic acids is 1. The minimum atomic E-state index is -0.584. The van der Waals surface area contributed by atoms with E-state index in [0.29, 0.717) is 11.8 Å². The third-order valence-corrected chi connectivity index (χ3v) is 1.65. The summed E-state index contributed by atoms with van der Waals surface area (Å²) in [6.07, 6.45) is 3.17. The lowest BCUT2D eigenvalue weighted by Crippen LogP contribution is -1.90. The maximum atomic E-state index is 10.5. The fourth-order valence-corrected chi connectivity index (χ4v) is 1.05. The monoisotopic (exact) mass is 202 g/mol. The first-order chi connectivity index (χ1) is 7.17. The van der Waals surface area contributed by atoms with Gasteiger partial charge in [-0.25, -0.2) is 0 Å². The number of benzene rings is 1. The van der Waals surface area contributed by atoms with Gasteiger partial charge in [0.1, 0.15) is 6.29 Å². The topological polar surface area (TPSA) is 84.0 Å². The number of aldehydes is 1. The summed E-state index contributed by atoms with van der Waals surface area (Å²) >= 11 is 0. The highest BCUT2D eigenvalue weighted by molar-refractivity contribution is 5.74. The van der Waals surface area contributed by atoms with E-state index in [4.69, 9.17) is 5.26 Å². The Labute approximate surface area is 85.4 Å². The van der Waals surface area contributed by atoms with Crippen LogP contribution in [0, 0.1) is 21.4 Å². The molecule has 0 aliphatic rings. The lowest BCUT2D eigenvalue weighted by molar-refractivity contribution is -0.384. The first-order valence-electron chi connectivity index (χ1n) is 3.99. The quantitative estimate of drug-likeness (QED) is 0.323. The fourth-order valence-electron chi connectivity index (χ4n) is 1.05. The minimum absolute atomic E-state index is 0.167. The number of nitriles is 1. The van der Waals surface area contributed by atoms with Crippen LogP contribution in [-0.4, -0.2) is 11.2 Å². The smallest absolute Gasteiger partial charge is 0.271 e. The van der Waals surface area contributed by atoms with E-state index in [0.717, 1.165) is 0 Å². The second-order valence-electron chi connectivity index (χ2n) is 2.68. The van der Waals surface area contributed by atoms with E-state index >= 15 is 0 Å². The van der Waals surface area contributed by atoms with Crippen LogP contribution in [0.1, 0.15) is 11.1 Å². The molecule has 1 aromatic carbocycles. The van der Waals surface area contributed by atoms with E-state index in [1.807, 2.05) is 6.07 Å². The lowest BCUT2D eigenvalue weighted by Gasteiger charge is -1.95. The molecule has 1 aromatic rings. The number of hydrogen-bond donors (Lipinski definition) is 0. The first-order valence-corrected chi connectivity index (χ1v) is 3.99. The van der Waals surface area contributed by atoms with E-state index in [1.165, 1.54) is 30.4 Å². The molecule has 0 aromatic heterocycles. The van der Waals surface area contributed by atoms with Gasteiger partial charge < -0.3 is 0 Å². The van der Waals surface area contributed by atoms with Crippen molar-refractivity contribution in [1.82, 2.24) is 0 Å². The summed E-state index contributed by atoms with van der Waals surface area (Å²) in [4.78, 5) is 20.0. The summed E-state index contributed by atoms with van der Waals surface area (Å²) in [5.41, 5.74) is 0.474. The molecule has 5 nitrogen and oxygen atoms in total. The molecule has 0 aliphatic heterocycles. The van der Waals surface area contributed by atoms with Crippen LogP contribution in [0.4, 0.5) is 5.69 Å². The van der Waals surface area contributed by atoms with Crippen LogP contribution in [0.15, 0.2) is 24.3 Å². The summed E-state index contributed by atoms with van der Waals surface area (Å²) in [5.74, 6) is 0. The van der Waals surface area contributed by atoms with Gasteiger partial charge in [0.2, 0.25) is 0 Å². The molecule has 0 amide bonds. The van der Waals surface area contributed by atoms with Crippen molar-refractivity contribution in [2.75, 3.05) is 0 Å². The Balaban J connectivity index is 3.24. The lowest BCUT2D eigenvalue weighted by atomic mass is 10.1. The molecule has 0 heterocycles. The third-order valence-electron chi connectivity index (χ3n) is 1.65. The Bertz CT molecular complexity index is 472. The standard InChI is InChI=1S/C10H6N2O3/c11-7-9-4-8(2-1-3-13)5-10(6-9)12(14)15/h1-6H. The zero-order valence-corrected chi connectivity index (χ0v) is 7.58. The Morgan fingerprint density at radius 3 is 2.67 bits per heavy atom. The van der Waals surface area contributed by atoms with Crippen LogP contribution in [0.2, 0.25) is 0 Å². The molecule has 74 valence electrons. The molecule has 5 heteroatoms. The number of carbonyl (C=O) groups is 1. The molecule has 0 atom stereocenters. The predicted molar refractivity (Wildman–Crippen MR) is 52.9 cm³/mol. The Morgan fingerprint density at radius 1 is 1.40 bits per heavy atom. The van der Waals surface area contributed by atoms with Crippen molar-refractivity contribution in [3.05, 3.63) is 45.5 Å². The number of nitrogens with zero attached hydrogens (tertiary/aromatic N) is 2. The molecular weight excluding hydrogens is 196 g/mol. The molecule has 0 radical (unpaired) electrons. The highest BCUT2D eigenvalue weighted by Crippen LogP contribution is 2.17. The molecule has 0 unspecified atom stereocenters. The summed E-state index contributed by atoms with van der Waals surface area (Å²) < 4.78 is 0. The number of non-ortho nitro benzene ring substituents is 1. The highest BCUT2D eigenvalue weighted by atomic mass is 16.6. The summed E-state index contributed by atoms with van der Waals surface area (Å²) in [6.45, 7) is 0. The average molecular weight is 202 g/mol. The normalized spacial score (nSPS) is 9.80. The minimum Gasteiger partial charge on any atom is -0.299 e. The van der Waals surface area contributed by atoms with E-state index in [-0.39, 0.29) is 11.3 Å². The van der Waals surface area contributed by atoms with Crippen molar-refractivity contribution in [2.24, 2.45) is 0 Å². The van der Waals surface area contributed by atoms with Gasteiger partial charge in [0.15, 0.2) is 0 Å². The van der Waals surface area contributed by atoms with Crippen molar-refractivity contribution < 1.29 is 9.72 Å². The van der Waals surface area contributed by atoms with Crippen LogP contribution in [0.5, 0.6) is 0 Å². The van der Waals surface area contributed by atoms with E-state index in [9.17, 15) is 14.9 Å². The van der Waals surface area contributed by atoms with Crippen LogP contribution in [-0.2, 0) is 4.79 Å². The van der Waals surface area contributed by atoms with E-state index < -0.39 is 4.92 Å². The predicted octanol–water partition coefficient (Wildman–Crippen LogP) is 1.68. The molecule has 0 saturated carbocycles. The van der Waals surface area contributed by atoms with Crippen molar-refractivity contribution in [3.8, 4) is 6.07 Å². The maximum absolute atomic E-state index is 10.5. The van der Waals surface area contributed by atoms with Gasteiger partial charge in [-0.15, -0.1) is 0 Å². The Kier molecular flexibility index (Phi) is 3.30. The van der Waals surface area contributed by atoms with Crippen molar-refractivity contribution in [3.63, 3.8) is 0 Å². The number of nitro benzene ring substituents is 1. The fraction of sp³-hybridized carbons (Fsp3) is 0. The Hall–Kier alpha value is -2.48. The van der Waals surface area contributed by atoms with Gasteiger partial charge in [-0.05, 0) is 17.7 Å². The van der Waals surface area contributed by atoms with Crippen molar-refractivity contribution in [2.45, 2.75) is 0 Å². The van der Waals surface area contributed by atoms with Gasteiger partial charge >= 0.3 is 0 Å². The van der Waals surface area contributed by atoms with Crippen LogP contribution in [0.25, 0.3) is 6.08 Å². The summed E-state index contributed by atoms with van der Waals surface area (Å²) in [7, 11) is 0. The number of nitro groups is 1. The number of rotatable bonds is 3. The van der Waals surface area contributed by atoms with Gasteiger partial charge in [0.05, 0.1) is 16.6 Å². The third kappa shape index (κ3) is 2.74. The molecule has 0 aliphatic carbocycles. The molecule has 0 spiro atoms. The molecule has 0 N–H and O–H groups in total. The van der Waals surface area contributed by atoms with Crippen LogP contribution < -0.4 is 0 Å². The molecule has 15 heavy (non-hydrogen) atoms. The molecule has 0 saturated heterocycles. The van der Waals surface area contributed by atoms with E-state index in [1.54, 1.807) is 0 Å². The molecular formula is C10H6N2O3. The summed E-state index contributed by atoms with van der Waals surface area (Å²) in [6, 6.07) is 5.75. The molecule has 0 bridgehead atoms. The van der Waals surface area contributed by atoms with Crippen molar-refractivity contribution >= 4 is 18.0 Å². The number of hydrogen-bond acceptors (Lipinski definition) is 4. The zero-order valence-electron chi connectivity index (χ0n) is 7.58. The van der Waals surface area contributed by atoms with Gasteiger partial charge in [0, 0.05) is 12.1 Å². The van der Waals surface area contributed by atoms with Crippen LogP contribution in [0.3, 0.4) is 0 Å².